The number of fused-ring (bicyclic) bond motifs is 2. The van der Waals surface area contributed by atoms with Crippen LogP contribution >= 0.6 is 0 Å². The van der Waals surface area contributed by atoms with Crippen LogP contribution in [-0.2, 0) is 13.0 Å². The molecular formula is C18H17NO3. The quantitative estimate of drug-likeness (QED) is 0.838. The van der Waals surface area contributed by atoms with Crippen molar-refractivity contribution in [3.05, 3.63) is 58.7 Å². The number of aromatic hydroxyl groups is 2. The van der Waals surface area contributed by atoms with E-state index in [4.69, 9.17) is 0 Å². The topological polar surface area (TPSA) is 60.8 Å². The molecule has 2 aromatic rings. The molecule has 2 aromatic carbocycles. The van der Waals surface area contributed by atoms with Crippen molar-refractivity contribution < 1.29 is 15.0 Å². The highest BCUT2D eigenvalue weighted by atomic mass is 16.3. The first-order valence-electron chi connectivity index (χ1n) is 7.56. The van der Waals surface area contributed by atoms with Crippen molar-refractivity contribution >= 4 is 5.91 Å². The summed E-state index contributed by atoms with van der Waals surface area (Å²) in [6, 6.07) is 11.5. The van der Waals surface area contributed by atoms with Crippen LogP contribution in [0.25, 0.3) is 0 Å². The predicted molar refractivity (Wildman–Crippen MR) is 82.0 cm³/mol. The Morgan fingerprint density at radius 2 is 1.91 bits per heavy atom. The Morgan fingerprint density at radius 1 is 1.09 bits per heavy atom. The lowest BCUT2D eigenvalue weighted by Crippen LogP contribution is -2.28. The van der Waals surface area contributed by atoms with E-state index in [-0.39, 0.29) is 23.0 Å². The van der Waals surface area contributed by atoms with Gasteiger partial charge in [0.1, 0.15) is 0 Å². The summed E-state index contributed by atoms with van der Waals surface area (Å²) in [5, 5.41) is 19.5. The van der Waals surface area contributed by atoms with Crippen LogP contribution in [0.3, 0.4) is 0 Å². The van der Waals surface area contributed by atoms with Gasteiger partial charge in [0.05, 0.1) is 5.56 Å². The molecule has 0 saturated carbocycles. The molecule has 4 heteroatoms. The summed E-state index contributed by atoms with van der Waals surface area (Å²) >= 11 is 0. The number of hydrogen-bond donors (Lipinski definition) is 2. The molecule has 0 fully saturated rings. The van der Waals surface area contributed by atoms with Gasteiger partial charge in [-0.05, 0) is 35.6 Å². The van der Waals surface area contributed by atoms with Gasteiger partial charge >= 0.3 is 0 Å². The molecule has 0 aromatic heterocycles. The highest BCUT2D eigenvalue weighted by Gasteiger charge is 2.34. The lowest BCUT2D eigenvalue weighted by Gasteiger charge is -2.21. The standard InChI is InChI=1S/C18H17NO3/c20-15-8-7-13-10-19(18(22)16(13)17(15)21)9-12-6-5-11-3-1-2-4-14(11)12/h1-4,7-8,12,20-21H,5-6,9-10H2/t12-/m0/s1. The van der Waals surface area contributed by atoms with E-state index >= 15 is 0 Å². The van der Waals surface area contributed by atoms with E-state index in [0.717, 1.165) is 18.4 Å². The molecule has 1 atom stereocenters. The summed E-state index contributed by atoms with van der Waals surface area (Å²) in [5.74, 6) is -0.366. The minimum absolute atomic E-state index is 0.187. The second-order valence-corrected chi connectivity index (χ2v) is 6.09. The summed E-state index contributed by atoms with van der Waals surface area (Å²) in [4.78, 5) is 14.3. The van der Waals surface area contributed by atoms with Gasteiger partial charge in [-0.1, -0.05) is 30.3 Å². The maximum atomic E-state index is 12.5. The number of phenols is 2. The summed E-state index contributed by atoms with van der Waals surface area (Å²) in [6.45, 7) is 1.16. The molecule has 1 heterocycles. The zero-order valence-corrected chi connectivity index (χ0v) is 12.1. The Bertz CT molecular complexity index is 769. The van der Waals surface area contributed by atoms with Crippen molar-refractivity contribution in [3.63, 3.8) is 0 Å². The number of rotatable bonds is 2. The molecular weight excluding hydrogens is 278 g/mol. The number of benzene rings is 2. The molecule has 2 N–H and O–H groups in total. The fraction of sp³-hybridized carbons (Fsp3) is 0.278. The van der Waals surface area contributed by atoms with Crippen LogP contribution in [0, 0.1) is 0 Å². The lowest BCUT2D eigenvalue weighted by molar-refractivity contribution is 0.0765. The molecule has 4 rings (SSSR count). The minimum atomic E-state index is -0.295. The molecule has 1 aliphatic carbocycles. The average molecular weight is 295 g/mol. The van der Waals surface area contributed by atoms with E-state index in [0.29, 0.717) is 19.0 Å². The molecule has 22 heavy (non-hydrogen) atoms. The molecule has 0 radical (unpaired) electrons. The van der Waals surface area contributed by atoms with Crippen LogP contribution in [0.1, 0.15) is 39.4 Å². The van der Waals surface area contributed by atoms with Gasteiger partial charge in [-0.15, -0.1) is 0 Å². The van der Waals surface area contributed by atoms with E-state index in [1.165, 1.54) is 17.2 Å². The maximum absolute atomic E-state index is 12.5. The van der Waals surface area contributed by atoms with Crippen LogP contribution in [0.15, 0.2) is 36.4 Å². The van der Waals surface area contributed by atoms with E-state index in [2.05, 4.69) is 18.2 Å². The molecule has 112 valence electrons. The van der Waals surface area contributed by atoms with Gasteiger partial charge < -0.3 is 15.1 Å². The van der Waals surface area contributed by atoms with Crippen LogP contribution in [-0.4, -0.2) is 27.6 Å². The Morgan fingerprint density at radius 3 is 2.77 bits per heavy atom. The second-order valence-electron chi connectivity index (χ2n) is 6.09. The number of nitrogens with zero attached hydrogens (tertiary/aromatic N) is 1. The van der Waals surface area contributed by atoms with Crippen molar-refractivity contribution in [3.8, 4) is 11.5 Å². The van der Waals surface area contributed by atoms with E-state index in [9.17, 15) is 15.0 Å². The first-order valence-corrected chi connectivity index (χ1v) is 7.56. The van der Waals surface area contributed by atoms with E-state index in [1.807, 2.05) is 6.07 Å². The lowest BCUT2D eigenvalue weighted by atomic mass is 10.0. The fourth-order valence-electron chi connectivity index (χ4n) is 3.68. The third-order valence-corrected chi connectivity index (χ3v) is 4.80. The molecule has 0 saturated heterocycles. The highest BCUT2D eigenvalue weighted by Crippen LogP contribution is 2.39. The number of aryl methyl sites for hydroxylation is 1. The van der Waals surface area contributed by atoms with Crippen LogP contribution in [0.2, 0.25) is 0 Å². The van der Waals surface area contributed by atoms with Gasteiger partial charge in [0.25, 0.3) is 5.91 Å². The van der Waals surface area contributed by atoms with Crippen LogP contribution in [0.4, 0.5) is 0 Å². The predicted octanol–water partition coefficient (Wildman–Crippen LogP) is 2.78. The summed E-state index contributed by atoms with van der Waals surface area (Å²) in [7, 11) is 0. The molecule has 0 bridgehead atoms. The highest BCUT2D eigenvalue weighted by molar-refractivity contribution is 6.01. The molecule has 1 amide bonds. The summed E-state index contributed by atoms with van der Waals surface area (Å²) < 4.78 is 0. The second kappa shape index (κ2) is 4.77. The summed E-state index contributed by atoms with van der Waals surface area (Å²) in [6.07, 6.45) is 2.11. The Kier molecular flexibility index (Phi) is 2.86. The average Bonchev–Trinajstić information content (AvgIpc) is 3.07. The monoisotopic (exact) mass is 295 g/mol. The third kappa shape index (κ3) is 1.87. The van der Waals surface area contributed by atoms with Crippen LogP contribution < -0.4 is 0 Å². The normalized spacial score (nSPS) is 19.4. The van der Waals surface area contributed by atoms with Crippen molar-refractivity contribution in [2.24, 2.45) is 0 Å². The van der Waals surface area contributed by atoms with Gasteiger partial charge in [-0.2, -0.15) is 0 Å². The fourth-order valence-corrected chi connectivity index (χ4v) is 3.68. The van der Waals surface area contributed by atoms with Crippen molar-refractivity contribution in [1.82, 2.24) is 4.90 Å². The van der Waals surface area contributed by atoms with Gasteiger partial charge in [0.15, 0.2) is 11.5 Å². The van der Waals surface area contributed by atoms with Crippen molar-refractivity contribution in [2.45, 2.75) is 25.3 Å². The smallest absolute Gasteiger partial charge is 0.258 e. The Balaban J connectivity index is 1.60. The van der Waals surface area contributed by atoms with Crippen molar-refractivity contribution in [1.29, 1.82) is 0 Å². The number of hydrogen-bond acceptors (Lipinski definition) is 3. The third-order valence-electron chi connectivity index (χ3n) is 4.80. The number of carbonyl (C=O) groups excluding carboxylic acids is 1. The zero-order chi connectivity index (χ0) is 15.3. The summed E-state index contributed by atoms with van der Waals surface area (Å²) in [5.41, 5.74) is 3.74. The van der Waals surface area contributed by atoms with Gasteiger partial charge in [0, 0.05) is 19.0 Å². The van der Waals surface area contributed by atoms with Crippen LogP contribution in [0.5, 0.6) is 11.5 Å². The molecule has 1 aliphatic heterocycles. The van der Waals surface area contributed by atoms with Gasteiger partial charge in [0.2, 0.25) is 0 Å². The molecule has 4 nitrogen and oxygen atoms in total. The zero-order valence-electron chi connectivity index (χ0n) is 12.1. The van der Waals surface area contributed by atoms with Crippen molar-refractivity contribution in [2.75, 3.05) is 6.54 Å². The first kappa shape index (κ1) is 13.2. The first-order chi connectivity index (χ1) is 10.6. The SMILES string of the molecule is O=C1c2c(ccc(O)c2O)CN1C[C@@H]1CCc2ccccc21. The number of phenolic OH excluding ortho intramolecular Hbond substituents is 2. The van der Waals surface area contributed by atoms with Gasteiger partial charge in [-0.25, -0.2) is 0 Å². The Hall–Kier alpha value is -2.49. The van der Waals surface area contributed by atoms with E-state index < -0.39 is 0 Å². The number of carbonyl (C=O) groups is 1. The van der Waals surface area contributed by atoms with E-state index in [1.54, 1.807) is 11.0 Å². The molecule has 0 spiro atoms. The minimum Gasteiger partial charge on any atom is -0.504 e. The van der Waals surface area contributed by atoms with Gasteiger partial charge in [-0.3, -0.25) is 4.79 Å². The Labute approximate surface area is 128 Å². The molecule has 2 aliphatic rings. The largest absolute Gasteiger partial charge is 0.504 e. The number of amides is 1. The maximum Gasteiger partial charge on any atom is 0.258 e. The molecule has 0 unspecified atom stereocenters.